The predicted octanol–water partition coefficient (Wildman–Crippen LogP) is 2.35. The fourth-order valence-corrected chi connectivity index (χ4v) is 4.70. The lowest BCUT2D eigenvalue weighted by atomic mass is 9.78. The van der Waals surface area contributed by atoms with Crippen molar-refractivity contribution in [1.29, 1.82) is 0 Å². The average molecular weight is 435 g/mol. The van der Waals surface area contributed by atoms with Gasteiger partial charge in [0.05, 0.1) is 5.51 Å². The van der Waals surface area contributed by atoms with Crippen LogP contribution in [0, 0.1) is 11.3 Å². The molecule has 1 aromatic heterocycles. The van der Waals surface area contributed by atoms with Crippen molar-refractivity contribution in [3.05, 3.63) is 16.6 Å². The van der Waals surface area contributed by atoms with Crippen LogP contribution in [-0.2, 0) is 9.53 Å². The number of halogens is 3. The Morgan fingerprint density at radius 3 is 2.48 bits per heavy atom. The molecule has 0 bridgehead atoms. The van der Waals surface area contributed by atoms with Gasteiger partial charge in [-0.25, -0.2) is 9.78 Å². The SMILES string of the molecule is O=C(O)C(F)(F)F.O=C(c1cscn1)N1CCC2(CN(CC3CCOCC3)C2)C1. The Morgan fingerprint density at radius 1 is 1.28 bits per heavy atom. The van der Waals surface area contributed by atoms with Crippen LogP contribution in [-0.4, -0.2) is 83.9 Å². The number of hydrogen-bond acceptors (Lipinski definition) is 6. The topological polar surface area (TPSA) is 83.0 Å². The number of amides is 1. The van der Waals surface area contributed by atoms with Crippen LogP contribution in [0.4, 0.5) is 13.2 Å². The number of aliphatic carboxylic acids is 1. The molecule has 0 unspecified atom stereocenters. The fourth-order valence-electron chi connectivity index (χ4n) is 4.17. The number of aromatic nitrogens is 1. The van der Waals surface area contributed by atoms with E-state index in [2.05, 4.69) is 9.88 Å². The van der Waals surface area contributed by atoms with Gasteiger partial charge in [-0.2, -0.15) is 13.2 Å². The molecule has 1 amide bonds. The van der Waals surface area contributed by atoms with Gasteiger partial charge in [0.15, 0.2) is 0 Å². The molecule has 4 rings (SSSR count). The van der Waals surface area contributed by atoms with Gasteiger partial charge in [0.25, 0.3) is 5.91 Å². The molecule has 4 heterocycles. The summed E-state index contributed by atoms with van der Waals surface area (Å²) in [6, 6.07) is 0. The van der Waals surface area contributed by atoms with Crippen molar-refractivity contribution in [3.8, 4) is 0 Å². The van der Waals surface area contributed by atoms with Crippen LogP contribution in [0.25, 0.3) is 0 Å². The molecule has 3 fully saturated rings. The van der Waals surface area contributed by atoms with Crippen LogP contribution in [0.2, 0.25) is 0 Å². The van der Waals surface area contributed by atoms with Gasteiger partial charge in [-0.05, 0) is 25.2 Å². The summed E-state index contributed by atoms with van der Waals surface area (Å²) < 4.78 is 37.2. The van der Waals surface area contributed by atoms with E-state index in [0.717, 1.165) is 51.7 Å². The van der Waals surface area contributed by atoms with Crippen LogP contribution in [0.1, 0.15) is 29.8 Å². The zero-order valence-corrected chi connectivity index (χ0v) is 16.7. The van der Waals surface area contributed by atoms with Crippen LogP contribution < -0.4 is 0 Å². The number of carboxylic acids is 1. The second kappa shape index (κ2) is 8.97. The maximum Gasteiger partial charge on any atom is 0.490 e. The molecule has 29 heavy (non-hydrogen) atoms. The molecular formula is C18H24F3N3O4S. The molecule has 0 atom stereocenters. The minimum Gasteiger partial charge on any atom is -0.475 e. The molecule has 0 aliphatic carbocycles. The second-order valence-corrected chi connectivity index (χ2v) is 8.60. The highest BCUT2D eigenvalue weighted by Crippen LogP contribution is 2.40. The zero-order valence-electron chi connectivity index (χ0n) is 15.9. The van der Waals surface area contributed by atoms with Gasteiger partial charge in [-0.15, -0.1) is 11.3 Å². The standard InChI is InChI=1S/C16H23N3O2S.C2HF3O2/c20-15(14-8-22-12-17-14)19-4-3-16(11-19)9-18(10-16)7-13-1-5-21-6-2-13;3-2(4,5)1(6)7/h8,12-13H,1-7,9-11H2;(H,6,7). The lowest BCUT2D eigenvalue weighted by molar-refractivity contribution is -0.192. The van der Waals surface area contributed by atoms with Gasteiger partial charge in [-0.3, -0.25) is 4.79 Å². The number of rotatable bonds is 3. The summed E-state index contributed by atoms with van der Waals surface area (Å²) >= 11 is 1.49. The molecular weight excluding hydrogens is 411 g/mol. The van der Waals surface area contributed by atoms with Crippen LogP contribution in [0.15, 0.2) is 10.9 Å². The van der Waals surface area contributed by atoms with E-state index in [1.54, 1.807) is 5.51 Å². The minimum atomic E-state index is -5.08. The van der Waals surface area contributed by atoms with E-state index < -0.39 is 12.1 Å². The summed E-state index contributed by atoms with van der Waals surface area (Å²) in [4.78, 5) is 30.0. The van der Waals surface area contributed by atoms with E-state index in [1.165, 1.54) is 30.7 Å². The highest BCUT2D eigenvalue weighted by molar-refractivity contribution is 7.07. The number of carboxylic acid groups (broad SMARTS) is 1. The van der Waals surface area contributed by atoms with Crippen molar-refractivity contribution < 1.29 is 32.6 Å². The molecule has 3 aliphatic heterocycles. The first-order valence-corrected chi connectivity index (χ1v) is 10.4. The Kier molecular flexibility index (Phi) is 6.79. The molecule has 0 radical (unpaired) electrons. The third-order valence-corrected chi connectivity index (χ3v) is 6.18. The number of alkyl halides is 3. The first kappa shape index (κ1) is 22.0. The van der Waals surface area contributed by atoms with Crippen molar-refractivity contribution in [2.45, 2.75) is 25.4 Å². The molecule has 3 saturated heterocycles. The maximum atomic E-state index is 12.4. The molecule has 7 nitrogen and oxygen atoms in total. The highest BCUT2D eigenvalue weighted by atomic mass is 32.1. The van der Waals surface area contributed by atoms with Crippen LogP contribution >= 0.6 is 11.3 Å². The molecule has 1 spiro atoms. The van der Waals surface area contributed by atoms with Gasteiger partial charge in [0, 0.05) is 56.7 Å². The molecule has 1 aromatic rings. The van der Waals surface area contributed by atoms with Gasteiger partial charge in [0.1, 0.15) is 5.69 Å². The smallest absolute Gasteiger partial charge is 0.475 e. The third kappa shape index (κ3) is 5.67. The first-order chi connectivity index (χ1) is 13.7. The Bertz CT molecular complexity index is 702. The number of carbonyl (C=O) groups excluding carboxylic acids is 1. The number of nitrogens with zero attached hydrogens (tertiary/aromatic N) is 3. The largest absolute Gasteiger partial charge is 0.490 e. The monoisotopic (exact) mass is 435 g/mol. The lowest BCUT2D eigenvalue weighted by Crippen LogP contribution is -2.58. The Balaban J connectivity index is 0.000000298. The van der Waals surface area contributed by atoms with Crippen LogP contribution in [0.5, 0.6) is 0 Å². The predicted molar refractivity (Wildman–Crippen MR) is 98.7 cm³/mol. The highest BCUT2D eigenvalue weighted by Gasteiger charge is 2.49. The van der Waals surface area contributed by atoms with Crippen molar-refractivity contribution in [1.82, 2.24) is 14.8 Å². The number of carbonyl (C=O) groups is 2. The van der Waals surface area contributed by atoms with Gasteiger partial charge in [-0.1, -0.05) is 0 Å². The molecule has 1 N–H and O–H groups in total. The van der Waals surface area contributed by atoms with E-state index in [4.69, 9.17) is 14.6 Å². The van der Waals surface area contributed by atoms with Crippen molar-refractivity contribution >= 4 is 23.2 Å². The number of thiazole rings is 1. The molecule has 0 saturated carbocycles. The summed E-state index contributed by atoms with van der Waals surface area (Å²) in [7, 11) is 0. The number of ether oxygens (including phenoxy) is 1. The first-order valence-electron chi connectivity index (χ1n) is 9.46. The van der Waals surface area contributed by atoms with Crippen LogP contribution in [0.3, 0.4) is 0 Å². The normalized spacial score (nSPS) is 22.1. The number of hydrogen-bond donors (Lipinski definition) is 1. The Hall–Kier alpha value is -1.72. The summed E-state index contributed by atoms with van der Waals surface area (Å²) in [6.07, 6.45) is -1.52. The third-order valence-electron chi connectivity index (χ3n) is 5.59. The van der Waals surface area contributed by atoms with E-state index in [1.807, 2.05) is 10.3 Å². The van der Waals surface area contributed by atoms with Gasteiger partial charge < -0.3 is 19.6 Å². The van der Waals surface area contributed by atoms with E-state index in [9.17, 15) is 18.0 Å². The summed E-state index contributed by atoms with van der Waals surface area (Å²) in [5, 5.41) is 8.98. The van der Waals surface area contributed by atoms with E-state index in [0.29, 0.717) is 11.1 Å². The number of likely N-dealkylation sites (tertiary alicyclic amines) is 2. The second-order valence-electron chi connectivity index (χ2n) is 7.88. The summed E-state index contributed by atoms with van der Waals surface area (Å²) in [6.45, 7) is 7.19. The van der Waals surface area contributed by atoms with Gasteiger partial charge >= 0.3 is 12.1 Å². The molecule has 11 heteroatoms. The molecule has 162 valence electrons. The molecule has 3 aliphatic rings. The minimum absolute atomic E-state index is 0.112. The van der Waals surface area contributed by atoms with Gasteiger partial charge in [0.2, 0.25) is 0 Å². The Labute approximate surface area is 170 Å². The zero-order chi connectivity index (χ0) is 21.1. The van der Waals surface area contributed by atoms with Crippen molar-refractivity contribution in [3.63, 3.8) is 0 Å². The van der Waals surface area contributed by atoms with Crippen molar-refractivity contribution in [2.24, 2.45) is 11.3 Å². The Morgan fingerprint density at radius 2 is 1.93 bits per heavy atom. The van der Waals surface area contributed by atoms with E-state index in [-0.39, 0.29) is 5.91 Å². The quantitative estimate of drug-likeness (QED) is 0.785. The maximum absolute atomic E-state index is 12.4. The summed E-state index contributed by atoms with van der Waals surface area (Å²) in [5.74, 6) is -1.84. The summed E-state index contributed by atoms with van der Waals surface area (Å²) in [5.41, 5.74) is 2.70. The van der Waals surface area contributed by atoms with Crippen molar-refractivity contribution in [2.75, 3.05) is 45.9 Å². The average Bonchev–Trinajstić information content (AvgIpc) is 3.32. The molecule has 0 aromatic carbocycles. The fraction of sp³-hybridized carbons (Fsp3) is 0.722. The van der Waals surface area contributed by atoms with E-state index >= 15 is 0 Å². The lowest BCUT2D eigenvalue weighted by Gasteiger charge is -2.49.